The number of rotatable bonds is 2. The Morgan fingerprint density at radius 3 is 2.73 bits per heavy atom. The molecule has 0 bridgehead atoms. The molecule has 0 N–H and O–H groups in total. The van der Waals surface area contributed by atoms with E-state index in [1.54, 1.807) is 22.6 Å². The molecule has 0 aromatic carbocycles. The van der Waals surface area contributed by atoms with Gasteiger partial charge < -0.3 is 4.74 Å². The van der Waals surface area contributed by atoms with E-state index in [0.29, 0.717) is 3.70 Å². The lowest BCUT2D eigenvalue weighted by molar-refractivity contribution is 0.0586. The van der Waals surface area contributed by atoms with Gasteiger partial charge in [0.05, 0.1) is 7.11 Å². The Morgan fingerprint density at radius 1 is 1.67 bits per heavy atom. The van der Waals surface area contributed by atoms with Crippen molar-refractivity contribution in [2.75, 3.05) is 7.11 Å². The van der Waals surface area contributed by atoms with Crippen LogP contribution in [0.1, 0.15) is 22.5 Å². The van der Waals surface area contributed by atoms with Gasteiger partial charge in [-0.1, -0.05) is 0 Å². The van der Waals surface area contributed by atoms with Crippen molar-refractivity contribution in [3.8, 4) is 0 Å². The normalized spacial score (nSPS) is 10.5. The van der Waals surface area contributed by atoms with Gasteiger partial charge >= 0.3 is 5.97 Å². The van der Waals surface area contributed by atoms with E-state index in [0.717, 1.165) is 7.11 Å². The van der Waals surface area contributed by atoms with E-state index in [9.17, 15) is 13.6 Å². The number of carbonyl (C=O) groups is 1. The second-order valence-corrected chi connectivity index (χ2v) is 4.44. The van der Waals surface area contributed by atoms with Crippen molar-refractivity contribution in [3.63, 3.8) is 0 Å². The maximum atomic E-state index is 12.6. The number of hydrogen-bond donors (Lipinski definition) is 0. The monoisotopic (exact) mass is 391 g/mol. The number of methoxy groups -OCH3 is 1. The smallest absolute Gasteiger partial charge is 0.341 e. The average molecular weight is 392 g/mol. The molecule has 0 unspecified atom stereocenters. The standard InChI is InChI=1S/C8H5BrF2INO2/c1-15-8(14)5-3(9)2-4(12)13-6(5)7(10)11/h2,7H,1H3. The highest BCUT2D eigenvalue weighted by Crippen LogP contribution is 2.28. The third-order valence-corrected chi connectivity index (χ3v) is 2.74. The van der Waals surface area contributed by atoms with Crippen molar-refractivity contribution in [3.05, 3.63) is 25.5 Å². The van der Waals surface area contributed by atoms with E-state index in [2.05, 4.69) is 25.7 Å². The zero-order chi connectivity index (χ0) is 11.6. The minimum atomic E-state index is -2.81. The lowest BCUT2D eigenvalue weighted by atomic mass is 10.2. The van der Waals surface area contributed by atoms with Gasteiger partial charge in [-0.2, -0.15) is 0 Å². The van der Waals surface area contributed by atoms with Crippen LogP contribution in [0.5, 0.6) is 0 Å². The Labute approximate surface area is 106 Å². The summed E-state index contributed by atoms with van der Waals surface area (Å²) in [5.41, 5.74) is -0.798. The first-order valence-electron chi connectivity index (χ1n) is 3.69. The van der Waals surface area contributed by atoms with Gasteiger partial charge in [-0.25, -0.2) is 18.6 Å². The summed E-state index contributed by atoms with van der Waals surface area (Å²) in [6.45, 7) is 0. The fraction of sp³-hybridized carbons (Fsp3) is 0.250. The van der Waals surface area contributed by atoms with Crippen LogP contribution in [0.25, 0.3) is 0 Å². The summed E-state index contributed by atoms with van der Waals surface area (Å²) in [4.78, 5) is 14.9. The number of nitrogens with zero attached hydrogens (tertiary/aromatic N) is 1. The molecule has 15 heavy (non-hydrogen) atoms. The maximum Gasteiger partial charge on any atom is 0.341 e. The molecular formula is C8H5BrF2INO2. The topological polar surface area (TPSA) is 39.2 Å². The number of pyridine rings is 1. The highest BCUT2D eigenvalue weighted by molar-refractivity contribution is 14.1. The Balaban J connectivity index is 3.40. The van der Waals surface area contributed by atoms with Gasteiger partial charge in [0.1, 0.15) is 15.0 Å². The molecule has 1 aromatic heterocycles. The molecule has 0 aliphatic rings. The minimum absolute atomic E-state index is 0.229. The van der Waals surface area contributed by atoms with E-state index in [1.165, 1.54) is 6.07 Å². The van der Waals surface area contributed by atoms with Crippen LogP contribution >= 0.6 is 38.5 Å². The number of esters is 1. The number of ether oxygens (including phenoxy) is 1. The summed E-state index contributed by atoms with van der Waals surface area (Å²) < 4.78 is 30.2. The van der Waals surface area contributed by atoms with Gasteiger partial charge in [0.2, 0.25) is 0 Å². The van der Waals surface area contributed by atoms with Crippen LogP contribution in [0.4, 0.5) is 8.78 Å². The highest BCUT2D eigenvalue weighted by atomic mass is 127. The molecule has 0 saturated carbocycles. The number of halogens is 4. The predicted molar refractivity (Wildman–Crippen MR) is 61.0 cm³/mol. The van der Waals surface area contributed by atoms with Crippen molar-refractivity contribution in [1.29, 1.82) is 0 Å². The molecule has 1 aromatic rings. The van der Waals surface area contributed by atoms with E-state index in [1.807, 2.05) is 0 Å². The largest absolute Gasteiger partial charge is 0.465 e. The summed E-state index contributed by atoms with van der Waals surface area (Å²) in [6.07, 6.45) is -2.81. The van der Waals surface area contributed by atoms with Gasteiger partial charge in [-0.05, 0) is 44.6 Å². The molecule has 0 saturated heterocycles. The first-order chi connectivity index (χ1) is 6.97. The van der Waals surface area contributed by atoms with Crippen LogP contribution < -0.4 is 0 Å². The van der Waals surface area contributed by atoms with Crippen molar-refractivity contribution in [2.45, 2.75) is 6.43 Å². The van der Waals surface area contributed by atoms with Crippen LogP contribution in [0.15, 0.2) is 10.5 Å². The summed E-state index contributed by atoms with van der Waals surface area (Å²) in [5.74, 6) is -0.832. The number of alkyl halides is 2. The van der Waals surface area contributed by atoms with E-state index < -0.39 is 18.1 Å². The third-order valence-electron chi connectivity index (χ3n) is 1.56. The van der Waals surface area contributed by atoms with Gasteiger partial charge in [0.25, 0.3) is 6.43 Å². The fourth-order valence-electron chi connectivity index (χ4n) is 0.964. The van der Waals surface area contributed by atoms with Crippen LogP contribution in [-0.2, 0) is 4.74 Å². The Hall–Kier alpha value is -0.310. The quantitative estimate of drug-likeness (QED) is 0.441. The van der Waals surface area contributed by atoms with Crippen LogP contribution in [0, 0.1) is 3.70 Å². The molecule has 0 spiro atoms. The molecule has 0 amide bonds. The molecule has 3 nitrogen and oxygen atoms in total. The fourth-order valence-corrected chi connectivity index (χ4v) is 2.55. The molecule has 0 fully saturated rings. The van der Waals surface area contributed by atoms with E-state index >= 15 is 0 Å². The van der Waals surface area contributed by atoms with Crippen molar-refractivity contribution >= 4 is 44.5 Å². The Kier molecular flexibility index (Phi) is 4.38. The van der Waals surface area contributed by atoms with Crippen molar-refractivity contribution < 1.29 is 18.3 Å². The molecule has 82 valence electrons. The number of hydrogen-bond acceptors (Lipinski definition) is 3. The zero-order valence-electron chi connectivity index (χ0n) is 7.43. The van der Waals surface area contributed by atoms with Gasteiger partial charge in [-0.15, -0.1) is 0 Å². The van der Waals surface area contributed by atoms with E-state index in [-0.39, 0.29) is 10.0 Å². The summed E-state index contributed by atoms with van der Waals surface area (Å²) >= 11 is 4.82. The molecule has 0 radical (unpaired) electrons. The molecule has 0 atom stereocenters. The average Bonchev–Trinajstić information content (AvgIpc) is 2.15. The van der Waals surface area contributed by atoms with Crippen LogP contribution in [0.2, 0.25) is 0 Å². The SMILES string of the molecule is COC(=O)c1c(Br)cc(I)nc1C(F)F. The summed E-state index contributed by atoms with van der Waals surface area (Å²) in [7, 11) is 1.13. The van der Waals surface area contributed by atoms with E-state index in [4.69, 9.17) is 0 Å². The lowest BCUT2D eigenvalue weighted by Gasteiger charge is -2.08. The molecule has 1 heterocycles. The van der Waals surface area contributed by atoms with Gasteiger partial charge in [0, 0.05) is 4.47 Å². The summed E-state index contributed by atoms with van der Waals surface area (Å²) in [5, 5.41) is 0. The molecule has 7 heteroatoms. The first kappa shape index (κ1) is 12.8. The highest BCUT2D eigenvalue weighted by Gasteiger charge is 2.24. The summed E-state index contributed by atoms with van der Waals surface area (Å²) in [6, 6.07) is 1.47. The lowest BCUT2D eigenvalue weighted by Crippen LogP contribution is -2.10. The predicted octanol–water partition coefficient (Wildman–Crippen LogP) is 3.17. The zero-order valence-corrected chi connectivity index (χ0v) is 11.2. The second kappa shape index (κ2) is 5.15. The number of aromatic nitrogens is 1. The van der Waals surface area contributed by atoms with Gasteiger partial charge in [0.15, 0.2) is 0 Å². The van der Waals surface area contributed by atoms with Crippen molar-refractivity contribution in [2.24, 2.45) is 0 Å². The molecular weight excluding hydrogens is 387 g/mol. The Bertz CT molecular complexity index is 400. The molecule has 0 aliphatic heterocycles. The molecule has 0 aliphatic carbocycles. The minimum Gasteiger partial charge on any atom is -0.465 e. The third kappa shape index (κ3) is 2.83. The van der Waals surface area contributed by atoms with Crippen molar-refractivity contribution in [1.82, 2.24) is 4.98 Å². The molecule has 1 rings (SSSR count). The second-order valence-electron chi connectivity index (χ2n) is 2.48. The maximum absolute atomic E-state index is 12.6. The van der Waals surface area contributed by atoms with Gasteiger partial charge in [-0.3, -0.25) is 0 Å². The van der Waals surface area contributed by atoms with Crippen LogP contribution in [-0.4, -0.2) is 18.1 Å². The first-order valence-corrected chi connectivity index (χ1v) is 5.57. The number of carbonyl (C=O) groups excluding carboxylic acids is 1. The van der Waals surface area contributed by atoms with Crippen LogP contribution in [0.3, 0.4) is 0 Å². The Morgan fingerprint density at radius 2 is 2.27 bits per heavy atom.